The summed E-state index contributed by atoms with van der Waals surface area (Å²) in [5, 5.41) is 0. The topological polar surface area (TPSA) is 67.0 Å². The molecule has 5 heteroatoms. The predicted octanol–water partition coefficient (Wildman–Crippen LogP) is 0.192. The number of fused-ring (bicyclic) bond motifs is 1. The molecular formula is C9H13N3O2. The lowest BCUT2D eigenvalue weighted by Gasteiger charge is -2.19. The fourth-order valence-corrected chi connectivity index (χ4v) is 1.81. The molecule has 1 aliphatic carbocycles. The summed E-state index contributed by atoms with van der Waals surface area (Å²) in [4.78, 5) is 23.3. The van der Waals surface area contributed by atoms with Crippen LogP contribution in [0.3, 0.4) is 0 Å². The summed E-state index contributed by atoms with van der Waals surface area (Å²) in [6.45, 7) is 0. The van der Waals surface area contributed by atoms with Crippen LogP contribution in [0.1, 0.15) is 17.8 Å². The van der Waals surface area contributed by atoms with E-state index in [-0.39, 0.29) is 11.8 Å². The van der Waals surface area contributed by atoms with Crippen LogP contribution in [0.4, 0.5) is 0 Å². The van der Waals surface area contributed by atoms with E-state index in [1.54, 1.807) is 6.33 Å². The summed E-state index contributed by atoms with van der Waals surface area (Å²) >= 11 is 0. The second-order valence-corrected chi connectivity index (χ2v) is 3.44. The summed E-state index contributed by atoms with van der Waals surface area (Å²) in [5.74, 6) is -0.0457. The summed E-state index contributed by atoms with van der Waals surface area (Å²) in [5.41, 5.74) is 4.53. The summed E-state index contributed by atoms with van der Waals surface area (Å²) in [6, 6.07) is 0. The fourth-order valence-electron chi connectivity index (χ4n) is 1.81. The van der Waals surface area contributed by atoms with Crippen molar-refractivity contribution in [3.05, 3.63) is 17.7 Å². The molecule has 14 heavy (non-hydrogen) atoms. The van der Waals surface area contributed by atoms with Gasteiger partial charge in [-0.25, -0.2) is 10.5 Å². The Balaban J connectivity index is 2.04. The zero-order chi connectivity index (χ0) is 9.97. The molecule has 0 fully saturated rings. The van der Waals surface area contributed by atoms with Crippen molar-refractivity contribution in [1.29, 1.82) is 0 Å². The fraction of sp³-hybridized carbons (Fsp3) is 0.556. The average Bonchev–Trinajstić information content (AvgIpc) is 2.64. The largest absolute Gasteiger partial charge is 0.348 e. The molecule has 1 heterocycles. The van der Waals surface area contributed by atoms with Gasteiger partial charge in [-0.3, -0.25) is 9.63 Å². The predicted molar refractivity (Wildman–Crippen MR) is 49.3 cm³/mol. The van der Waals surface area contributed by atoms with Crippen molar-refractivity contribution < 1.29 is 9.63 Å². The number of aromatic amines is 1. The van der Waals surface area contributed by atoms with Gasteiger partial charge in [0.2, 0.25) is 5.91 Å². The van der Waals surface area contributed by atoms with Gasteiger partial charge in [0.1, 0.15) is 0 Å². The molecule has 0 spiro atoms. The van der Waals surface area contributed by atoms with Crippen LogP contribution in [0.2, 0.25) is 0 Å². The highest BCUT2D eigenvalue weighted by atomic mass is 16.6. The minimum atomic E-state index is -0.0484. The Hall–Kier alpha value is -1.36. The standard InChI is InChI=1S/C9H13N3O2/c1-14-12-9(13)6-2-3-7-8(4-6)11-5-10-7/h5-6H,2-4H2,1H3,(H,10,11)(H,12,13). The van der Waals surface area contributed by atoms with E-state index in [4.69, 9.17) is 0 Å². The molecule has 0 saturated carbocycles. The number of hydrogen-bond acceptors (Lipinski definition) is 3. The third-order valence-corrected chi connectivity index (χ3v) is 2.56. The Bertz CT molecular complexity index is 335. The highest BCUT2D eigenvalue weighted by Crippen LogP contribution is 2.22. The van der Waals surface area contributed by atoms with Gasteiger partial charge in [-0.05, 0) is 12.8 Å². The Morgan fingerprint density at radius 2 is 2.64 bits per heavy atom. The maximum absolute atomic E-state index is 11.5. The molecule has 0 aliphatic heterocycles. The molecule has 76 valence electrons. The van der Waals surface area contributed by atoms with Gasteiger partial charge in [0.15, 0.2) is 0 Å². The maximum atomic E-state index is 11.5. The SMILES string of the molecule is CONC(=O)C1CCc2nc[nH]c2C1. The van der Waals surface area contributed by atoms with Gasteiger partial charge in [0, 0.05) is 18.0 Å². The lowest BCUT2D eigenvalue weighted by atomic mass is 9.89. The van der Waals surface area contributed by atoms with Crippen LogP contribution in [0.5, 0.6) is 0 Å². The molecule has 1 atom stereocenters. The number of hydrogen-bond donors (Lipinski definition) is 2. The number of rotatable bonds is 2. The van der Waals surface area contributed by atoms with Gasteiger partial charge < -0.3 is 4.98 Å². The van der Waals surface area contributed by atoms with Crippen molar-refractivity contribution in [1.82, 2.24) is 15.4 Å². The third kappa shape index (κ3) is 1.63. The number of hydroxylamine groups is 1. The zero-order valence-electron chi connectivity index (χ0n) is 8.04. The van der Waals surface area contributed by atoms with Crippen LogP contribution in [0, 0.1) is 5.92 Å². The maximum Gasteiger partial charge on any atom is 0.247 e. The first kappa shape index (κ1) is 9.21. The molecule has 0 radical (unpaired) electrons. The van der Waals surface area contributed by atoms with Crippen molar-refractivity contribution in [3.63, 3.8) is 0 Å². The van der Waals surface area contributed by atoms with Crippen LogP contribution in [-0.2, 0) is 22.5 Å². The highest BCUT2D eigenvalue weighted by molar-refractivity contribution is 5.78. The number of aromatic nitrogens is 2. The van der Waals surface area contributed by atoms with Gasteiger partial charge in [0.25, 0.3) is 0 Å². The smallest absolute Gasteiger partial charge is 0.247 e. The van der Waals surface area contributed by atoms with E-state index in [0.29, 0.717) is 0 Å². The highest BCUT2D eigenvalue weighted by Gasteiger charge is 2.25. The van der Waals surface area contributed by atoms with E-state index >= 15 is 0 Å². The Labute approximate surface area is 81.8 Å². The normalized spacial score (nSPS) is 20.2. The minimum Gasteiger partial charge on any atom is -0.348 e. The van der Waals surface area contributed by atoms with E-state index in [2.05, 4.69) is 20.3 Å². The molecule has 1 aliphatic rings. The van der Waals surface area contributed by atoms with E-state index in [0.717, 1.165) is 30.7 Å². The number of H-pyrrole nitrogens is 1. The Morgan fingerprint density at radius 3 is 3.43 bits per heavy atom. The van der Waals surface area contributed by atoms with Crippen LogP contribution in [0.15, 0.2) is 6.33 Å². The molecule has 0 aromatic carbocycles. The number of amides is 1. The molecule has 1 aromatic rings. The molecular weight excluding hydrogens is 182 g/mol. The molecule has 5 nitrogen and oxygen atoms in total. The first-order valence-electron chi connectivity index (χ1n) is 4.65. The Kier molecular flexibility index (Phi) is 2.49. The van der Waals surface area contributed by atoms with Crippen molar-refractivity contribution >= 4 is 5.91 Å². The summed E-state index contributed by atoms with van der Waals surface area (Å²) < 4.78 is 0. The first-order chi connectivity index (χ1) is 6.81. The third-order valence-electron chi connectivity index (χ3n) is 2.56. The Morgan fingerprint density at radius 1 is 1.79 bits per heavy atom. The second kappa shape index (κ2) is 3.79. The lowest BCUT2D eigenvalue weighted by molar-refractivity contribution is -0.135. The van der Waals surface area contributed by atoms with Crippen molar-refractivity contribution in [3.8, 4) is 0 Å². The van der Waals surface area contributed by atoms with E-state index < -0.39 is 0 Å². The molecule has 0 saturated heterocycles. The van der Waals surface area contributed by atoms with Gasteiger partial charge >= 0.3 is 0 Å². The summed E-state index contributed by atoms with van der Waals surface area (Å²) in [6.07, 6.45) is 4.11. The van der Waals surface area contributed by atoms with Crippen LogP contribution in [-0.4, -0.2) is 23.0 Å². The van der Waals surface area contributed by atoms with E-state index in [1.807, 2.05) is 0 Å². The zero-order valence-corrected chi connectivity index (χ0v) is 8.04. The first-order valence-corrected chi connectivity index (χ1v) is 4.65. The van der Waals surface area contributed by atoms with Gasteiger partial charge in [-0.2, -0.15) is 0 Å². The van der Waals surface area contributed by atoms with Crippen LogP contribution in [0.25, 0.3) is 0 Å². The number of carbonyl (C=O) groups excluding carboxylic acids is 1. The van der Waals surface area contributed by atoms with Gasteiger partial charge in [-0.15, -0.1) is 0 Å². The molecule has 2 rings (SSSR count). The molecule has 1 unspecified atom stereocenters. The number of imidazole rings is 1. The lowest BCUT2D eigenvalue weighted by Crippen LogP contribution is -2.33. The summed E-state index contributed by atoms with van der Waals surface area (Å²) in [7, 11) is 1.45. The number of carbonyl (C=O) groups is 1. The van der Waals surface area contributed by atoms with Gasteiger partial charge in [-0.1, -0.05) is 0 Å². The number of nitrogens with zero attached hydrogens (tertiary/aromatic N) is 1. The van der Waals surface area contributed by atoms with Gasteiger partial charge in [0.05, 0.1) is 19.1 Å². The molecule has 2 N–H and O–H groups in total. The number of aryl methyl sites for hydroxylation is 1. The second-order valence-electron chi connectivity index (χ2n) is 3.44. The van der Waals surface area contributed by atoms with Crippen LogP contribution >= 0.6 is 0 Å². The monoisotopic (exact) mass is 195 g/mol. The van der Waals surface area contributed by atoms with Crippen LogP contribution < -0.4 is 5.48 Å². The van der Waals surface area contributed by atoms with E-state index in [1.165, 1.54) is 7.11 Å². The average molecular weight is 195 g/mol. The van der Waals surface area contributed by atoms with E-state index in [9.17, 15) is 4.79 Å². The minimum absolute atomic E-state index is 0.00269. The van der Waals surface area contributed by atoms with Crippen molar-refractivity contribution in [2.45, 2.75) is 19.3 Å². The molecule has 1 aromatic heterocycles. The molecule has 1 amide bonds. The van der Waals surface area contributed by atoms with Crippen molar-refractivity contribution in [2.24, 2.45) is 5.92 Å². The molecule has 0 bridgehead atoms. The number of nitrogens with one attached hydrogen (secondary N) is 2. The van der Waals surface area contributed by atoms with Crippen molar-refractivity contribution in [2.75, 3.05) is 7.11 Å². The quantitative estimate of drug-likeness (QED) is 0.662.